The number of benzene rings is 1. The molecule has 3 heterocycles. The average Bonchev–Trinajstić information content (AvgIpc) is 2.71. The number of fused-ring (bicyclic) bond motifs is 1. The average molecular weight is 362 g/mol. The van der Waals surface area contributed by atoms with Crippen molar-refractivity contribution in [1.29, 1.82) is 0 Å². The van der Waals surface area contributed by atoms with E-state index in [0.29, 0.717) is 0 Å². The van der Waals surface area contributed by atoms with Gasteiger partial charge < -0.3 is 0 Å². The molecule has 0 spiro atoms. The molecule has 0 N–H and O–H groups in total. The fourth-order valence-electron chi connectivity index (χ4n) is 3.66. The molecular weight excluding hydrogens is 330 g/mol. The Bertz CT molecular complexity index is 862. The lowest BCUT2D eigenvalue weighted by molar-refractivity contribution is 0.185. The summed E-state index contributed by atoms with van der Waals surface area (Å²) in [5.41, 5.74) is 5.84. The highest BCUT2D eigenvalue weighted by Gasteiger charge is 2.15. The molecule has 27 heavy (non-hydrogen) atoms. The van der Waals surface area contributed by atoms with E-state index >= 15 is 0 Å². The third-order valence-corrected chi connectivity index (χ3v) is 5.32. The minimum Gasteiger partial charge on any atom is -0.299 e. The maximum atomic E-state index is 4.85. The van der Waals surface area contributed by atoms with Gasteiger partial charge in [0.1, 0.15) is 0 Å². The topological polar surface area (TPSA) is 29.0 Å². The van der Waals surface area contributed by atoms with E-state index in [-0.39, 0.29) is 0 Å². The van der Waals surface area contributed by atoms with Crippen LogP contribution in [0.5, 0.6) is 0 Å². The molecule has 0 saturated carbocycles. The van der Waals surface area contributed by atoms with E-state index in [0.717, 1.165) is 29.1 Å². The number of hydrogen-bond donors (Lipinski definition) is 0. The van der Waals surface area contributed by atoms with Crippen molar-refractivity contribution in [2.75, 3.05) is 13.1 Å². The zero-order chi connectivity index (χ0) is 19.2. The van der Waals surface area contributed by atoms with E-state index in [4.69, 9.17) is 4.98 Å². The Labute approximate surface area is 163 Å². The number of piperidine rings is 1. The molecule has 1 saturated heterocycles. The predicted molar refractivity (Wildman–Crippen MR) is 115 cm³/mol. The van der Waals surface area contributed by atoms with Crippen molar-refractivity contribution >= 4 is 10.9 Å². The Kier molecular flexibility index (Phi) is 6.57. The van der Waals surface area contributed by atoms with Gasteiger partial charge in [-0.05, 0) is 62.0 Å². The van der Waals surface area contributed by atoms with Gasteiger partial charge >= 0.3 is 0 Å². The number of likely N-dealkylation sites (tertiary alicyclic amines) is 1. The second-order valence-corrected chi connectivity index (χ2v) is 7.38. The Hall–Kier alpha value is -2.26. The standard InChI is InChI=1S/C22H25N3.C2H6/c1-16-8-11-25(12-9-16)15-18-3-5-19(6-4-18)22-17(2)13-20-14-23-10-7-21(20)24-22;1-2/h3-7,10,13-14,16H,8-9,11-12,15H2,1-2H3;1-2H3. The van der Waals surface area contributed by atoms with E-state index in [1.54, 1.807) is 6.20 Å². The lowest BCUT2D eigenvalue weighted by Crippen LogP contribution is -2.32. The molecule has 2 aromatic heterocycles. The van der Waals surface area contributed by atoms with Crippen molar-refractivity contribution in [3.63, 3.8) is 0 Å². The van der Waals surface area contributed by atoms with Crippen molar-refractivity contribution in [1.82, 2.24) is 14.9 Å². The van der Waals surface area contributed by atoms with Crippen LogP contribution in [0.15, 0.2) is 48.8 Å². The van der Waals surface area contributed by atoms with E-state index in [2.05, 4.69) is 54.1 Å². The molecule has 1 aromatic carbocycles. The zero-order valence-electron chi connectivity index (χ0n) is 17.1. The van der Waals surface area contributed by atoms with Gasteiger partial charge in [-0.25, -0.2) is 4.98 Å². The molecule has 1 fully saturated rings. The van der Waals surface area contributed by atoms with Crippen LogP contribution in [0.3, 0.4) is 0 Å². The van der Waals surface area contributed by atoms with Gasteiger partial charge in [-0.3, -0.25) is 9.88 Å². The molecule has 0 unspecified atom stereocenters. The first kappa shape index (κ1) is 19.5. The van der Waals surface area contributed by atoms with Crippen molar-refractivity contribution in [3.05, 3.63) is 59.9 Å². The molecule has 1 aliphatic heterocycles. The fraction of sp³-hybridized carbons (Fsp3) is 0.417. The minimum atomic E-state index is 0.885. The summed E-state index contributed by atoms with van der Waals surface area (Å²) in [7, 11) is 0. The Morgan fingerprint density at radius 2 is 1.74 bits per heavy atom. The first-order valence-electron chi connectivity index (χ1n) is 10.2. The third-order valence-electron chi connectivity index (χ3n) is 5.32. The summed E-state index contributed by atoms with van der Waals surface area (Å²) in [5.74, 6) is 0.885. The molecule has 0 atom stereocenters. The molecule has 3 aromatic rings. The van der Waals surface area contributed by atoms with Crippen LogP contribution < -0.4 is 0 Å². The van der Waals surface area contributed by atoms with Crippen LogP contribution in [0.2, 0.25) is 0 Å². The summed E-state index contributed by atoms with van der Waals surface area (Å²) in [5, 5.41) is 1.10. The summed E-state index contributed by atoms with van der Waals surface area (Å²) in [4.78, 5) is 11.6. The van der Waals surface area contributed by atoms with E-state index < -0.39 is 0 Å². The summed E-state index contributed by atoms with van der Waals surface area (Å²) in [6.45, 7) is 12.0. The van der Waals surface area contributed by atoms with Crippen LogP contribution in [0.4, 0.5) is 0 Å². The van der Waals surface area contributed by atoms with Gasteiger partial charge in [0, 0.05) is 29.9 Å². The number of pyridine rings is 2. The van der Waals surface area contributed by atoms with Crippen LogP contribution in [0.25, 0.3) is 22.2 Å². The van der Waals surface area contributed by atoms with Crippen molar-refractivity contribution in [2.45, 2.75) is 47.1 Å². The number of nitrogens with zero attached hydrogens (tertiary/aromatic N) is 3. The second kappa shape index (κ2) is 9.09. The summed E-state index contributed by atoms with van der Waals surface area (Å²) in [6, 6.07) is 13.1. The van der Waals surface area contributed by atoms with Crippen molar-refractivity contribution in [2.24, 2.45) is 5.92 Å². The molecule has 0 aliphatic carbocycles. The molecule has 0 amide bonds. The van der Waals surface area contributed by atoms with Crippen LogP contribution in [0, 0.1) is 12.8 Å². The van der Waals surface area contributed by atoms with Crippen LogP contribution in [-0.4, -0.2) is 28.0 Å². The fourth-order valence-corrected chi connectivity index (χ4v) is 3.66. The Morgan fingerprint density at radius 1 is 1.04 bits per heavy atom. The minimum absolute atomic E-state index is 0.885. The maximum Gasteiger partial charge on any atom is 0.0740 e. The van der Waals surface area contributed by atoms with Gasteiger partial charge in [0.25, 0.3) is 0 Å². The first-order valence-corrected chi connectivity index (χ1v) is 10.2. The summed E-state index contributed by atoms with van der Waals surface area (Å²) >= 11 is 0. The molecule has 0 bridgehead atoms. The van der Waals surface area contributed by atoms with E-state index in [1.165, 1.54) is 42.6 Å². The van der Waals surface area contributed by atoms with Crippen molar-refractivity contribution < 1.29 is 0 Å². The van der Waals surface area contributed by atoms with Crippen LogP contribution >= 0.6 is 0 Å². The highest BCUT2D eigenvalue weighted by Crippen LogP contribution is 2.26. The summed E-state index contributed by atoms with van der Waals surface area (Å²) in [6.07, 6.45) is 6.33. The van der Waals surface area contributed by atoms with Crippen molar-refractivity contribution in [3.8, 4) is 11.3 Å². The Morgan fingerprint density at radius 3 is 2.44 bits per heavy atom. The van der Waals surface area contributed by atoms with Crippen LogP contribution in [-0.2, 0) is 6.54 Å². The molecule has 142 valence electrons. The molecule has 3 nitrogen and oxygen atoms in total. The normalized spacial score (nSPS) is 15.4. The highest BCUT2D eigenvalue weighted by atomic mass is 15.1. The lowest BCUT2D eigenvalue weighted by Gasteiger charge is -2.30. The largest absolute Gasteiger partial charge is 0.299 e. The summed E-state index contributed by atoms with van der Waals surface area (Å²) < 4.78 is 0. The molecule has 3 heteroatoms. The van der Waals surface area contributed by atoms with Crippen LogP contribution in [0.1, 0.15) is 44.7 Å². The van der Waals surface area contributed by atoms with E-state index in [1.807, 2.05) is 26.1 Å². The molecule has 1 aliphatic rings. The number of rotatable bonds is 3. The van der Waals surface area contributed by atoms with Gasteiger partial charge in [-0.1, -0.05) is 45.0 Å². The van der Waals surface area contributed by atoms with Gasteiger partial charge in [-0.15, -0.1) is 0 Å². The first-order chi connectivity index (χ1) is 13.2. The molecule has 0 radical (unpaired) electrons. The number of hydrogen-bond acceptors (Lipinski definition) is 3. The zero-order valence-corrected chi connectivity index (χ0v) is 17.1. The predicted octanol–water partition coefficient (Wildman–Crippen LogP) is 5.86. The monoisotopic (exact) mass is 361 g/mol. The number of aryl methyl sites for hydroxylation is 1. The molecule has 4 rings (SSSR count). The second-order valence-electron chi connectivity index (χ2n) is 7.38. The quantitative estimate of drug-likeness (QED) is 0.585. The highest BCUT2D eigenvalue weighted by molar-refractivity contribution is 5.82. The van der Waals surface area contributed by atoms with Gasteiger partial charge in [-0.2, -0.15) is 0 Å². The maximum absolute atomic E-state index is 4.85. The Balaban J connectivity index is 0.00000102. The van der Waals surface area contributed by atoms with Gasteiger partial charge in [0.15, 0.2) is 0 Å². The van der Waals surface area contributed by atoms with E-state index in [9.17, 15) is 0 Å². The number of aromatic nitrogens is 2. The SMILES string of the molecule is CC.Cc1cc2cnccc2nc1-c1ccc(CN2CCC(C)CC2)cc1. The third kappa shape index (κ3) is 4.72. The lowest BCUT2D eigenvalue weighted by atomic mass is 9.98. The smallest absolute Gasteiger partial charge is 0.0740 e. The van der Waals surface area contributed by atoms with Gasteiger partial charge in [0.05, 0.1) is 11.2 Å². The molecular formula is C24H31N3. The van der Waals surface area contributed by atoms with Gasteiger partial charge in [0.2, 0.25) is 0 Å².